The molecule has 0 aromatic carbocycles. The van der Waals surface area contributed by atoms with E-state index in [9.17, 15) is 15.0 Å². The Morgan fingerprint density at radius 2 is 1.54 bits per heavy atom. The van der Waals surface area contributed by atoms with E-state index in [0.717, 1.165) is 51.4 Å². The number of carbonyl (C=O) groups is 1. The van der Waals surface area contributed by atoms with Crippen molar-refractivity contribution in [1.82, 2.24) is 0 Å². The van der Waals surface area contributed by atoms with E-state index in [-0.39, 0.29) is 18.9 Å². The van der Waals surface area contributed by atoms with Gasteiger partial charge >= 0.3 is 5.97 Å². The number of aliphatic hydroxyl groups is 2. The first kappa shape index (κ1) is 24.6. The number of rotatable bonds is 16. The number of allylic oxidation sites excluding steroid dienone is 6. The molecule has 0 spiro atoms. The topological polar surface area (TPSA) is 77.8 Å². The van der Waals surface area contributed by atoms with Crippen molar-refractivity contribution in [3.63, 3.8) is 0 Å². The molecule has 150 valence electrons. The van der Waals surface area contributed by atoms with Gasteiger partial charge in [0.15, 0.2) is 0 Å². The van der Waals surface area contributed by atoms with Crippen LogP contribution in [0.3, 0.4) is 0 Å². The van der Waals surface area contributed by atoms with Gasteiger partial charge < -0.3 is 15.3 Å². The van der Waals surface area contributed by atoms with E-state index in [4.69, 9.17) is 5.11 Å². The van der Waals surface area contributed by atoms with E-state index >= 15 is 0 Å². The van der Waals surface area contributed by atoms with Crippen LogP contribution in [0, 0.1) is 11.8 Å². The zero-order valence-electron chi connectivity index (χ0n) is 16.5. The van der Waals surface area contributed by atoms with Crippen LogP contribution in [0.25, 0.3) is 0 Å². The van der Waals surface area contributed by atoms with Gasteiger partial charge in [-0.05, 0) is 50.9 Å². The van der Waals surface area contributed by atoms with Gasteiger partial charge in [0.1, 0.15) is 0 Å². The molecule has 4 heteroatoms. The van der Waals surface area contributed by atoms with Crippen molar-refractivity contribution in [2.75, 3.05) is 6.61 Å². The zero-order valence-corrected chi connectivity index (χ0v) is 16.5. The van der Waals surface area contributed by atoms with Crippen LogP contribution < -0.4 is 0 Å². The minimum Gasteiger partial charge on any atom is -0.481 e. The van der Waals surface area contributed by atoms with E-state index in [1.807, 2.05) is 0 Å². The summed E-state index contributed by atoms with van der Waals surface area (Å²) < 4.78 is 0. The van der Waals surface area contributed by atoms with E-state index < -0.39 is 18.0 Å². The van der Waals surface area contributed by atoms with Crippen molar-refractivity contribution < 1.29 is 20.1 Å². The Morgan fingerprint density at radius 1 is 0.923 bits per heavy atom. The first-order valence-electron chi connectivity index (χ1n) is 10.0. The molecule has 0 heterocycles. The molecule has 0 saturated carbocycles. The lowest BCUT2D eigenvalue weighted by molar-refractivity contribution is -0.149. The van der Waals surface area contributed by atoms with E-state index in [1.54, 1.807) is 0 Å². The van der Waals surface area contributed by atoms with Gasteiger partial charge in [-0.15, -0.1) is 0 Å². The highest BCUT2D eigenvalue weighted by Gasteiger charge is 2.33. The highest BCUT2D eigenvalue weighted by atomic mass is 16.4. The maximum Gasteiger partial charge on any atom is 0.309 e. The normalized spacial score (nSPS) is 15.8. The van der Waals surface area contributed by atoms with E-state index in [1.165, 1.54) is 0 Å². The molecule has 0 radical (unpaired) electrons. The molecule has 0 saturated heterocycles. The molecule has 0 aliphatic heterocycles. The predicted octanol–water partition coefficient (Wildman–Crippen LogP) is 4.88. The van der Waals surface area contributed by atoms with Crippen LogP contribution in [0.4, 0.5) is 0 Å². The molecule has 4 nitrogen and oxygen atoms in total. The molecule has 0 aliphatic rings. The van der Waals surface area contributed by atoms with Crippen molar-refractivity contribution >= 4 is 5.97 Å². The highest BCUT2D eigenvalue weighted by Crippen LogP contribution is 2.28. The van der Waals surface area contributed by atoms with Gasteiger partial charge in [0, 0.05) is 6.61 Å². The summed E-state index contributed by atoms with van der Waals surface area (Å²) in [7, 11) is 0. The van der Waals surface area contributed by atoms with Crippen molar-refractivity contribution in [3.8, 4) is 0 Å². The Morgan fingerprint density at radius 3 is 2.08 bits per heavy atom. The van der Waals surface area contributed by atoms with Crippen LogP contribution >= 0.6 is 0 Å². The fourth-order valence-electron chi connectivity index (χ4n) is 3.10. The number of aliphatic carboxylic acids is 1. The van der Waals surface area contributed by atoms with Crippen LogP contribution in [0.5, 0.6) is 0 Å². The summed E-state index contributed by atoms with van der Waals surface area (Å²) in [5.41, 5.74) is 0. The smallest absolute Gasteiger partial charge is 0.309 e. The average molecular weight is 367 g/mol. The number of carboxylic acids is 1. The molecule has 2 unspecified atom stereocenters. The van der Waals surface area contributed by atoms with Gasteiger partial charge in [-0.25, -0.2) is 0 Å². The van der Waals surface area contributed by atoms with Gasteiger partial charge in [-0.1, -0.05) is 63.1 Å². The molecule has 0 aliphatic carbocycles. The van der Waals surface area contributed by atoms with Crippen LogP contribution in [-0.4, -0.2) is 34.0 Å². The maximum absolute atomic E-state index is 11.6. The largest absolute Gasteiger partial charge is 0.481 e. The minimum absolute atomic E-state index is 0.0617. The molecule has 26 heavy (non-hydrogen) atoms. The second-order valence-electron chi connectivity index (χ2n) is 6.72. The summed E-state index contributed by atoms with van der Waals surface area (Å²) in [5.74, 6) is -1.82. The van der Waals surface area contributed by atoms with Crippen LogP contribution in [-0.2, 0) is 4.79 Å². The third-order valence-electron chi connectivity index (χ3n) is 4.55. The molecule has 0 fully saturated rings. The number of unbranched alkanes of at least 4 members (excludes halogenated alkanes) is 1. The van der Waals surface area contributed by atoms with Crippen molar-refractivity contribution in [2.24, 2.45) is 11.8 Å². The minimum atomic E-state index is -0.984. The number of hydrogen-bond donors (Lipinski definition) is 3. The first-order valence-corrected chi connectivity index (χ1v) is 10.0. The summed E-state index contributed by atoms with van der Waals surface area (Å²) in [6.07, 6.45) is 19.2. The quantitative estimate of drug-likeness (QED) is 0.340. The monoisotopic (exact) mass is 366 g/mol. The Hall–Kier alpha value is -1.39. The molecule has 0 aromatic rings. The standard InChI is InChI=1S/C22H38O4/c1-3-5-7-8-9-10-11-12-13-14-16-19(15-6-4-2)21(22(25)26)20(24)17-18-23/h5,7,9-10,12-13,19-21,23-24H,3-4,6,8,11,14-18H2,1-2H3,(H,25,26)/t19?,20-,21?/m1/s1. The summed E-state index contributed by atoms with van der Waals surface area (Å²) in [4.78, 5) is 11.6. The van der Waals surface area contributed by atoms with Crippen LogP contribution in [0.1, 0.15) is 71.6 Å². The van der Waals surface area contributed by atoms with Crippen molar-refractivity contribution in [1.29, 1.82) is 0 Å². The Labute approximate surface area is 159 Å². The number of aliphatic hydroxyl groups excluding tert-OH is 2. The Balaban J connectivity index is 4.49. The lowest BCUT2D eigenvalue weighted by Crippen LogP contribution is -2.35. The SMILES string of the molecule is CCC=CCC=CCC=CCCC(CCCC)C(C(=O)O)[C@H](O)CCO. The fourth-order valence-corrected chi connectivity index (χ4v) is 3.10. The molecule has 3 atom stereocenters. The molecule has 3 N–H and O–H groups in total. The van der Waals surface area contributed by atoms with E-state index in [0.29, 0.717) is 0 Å². The van der Waals surface area contributed by atoms with Gasteiger partial charge in [0.25, 0.3) is 0 Å². The van der Waals surface area contributed by atoms with Gasteiger partial charge in [0.2, 0.25) is 0 Å². The predicted molar refractivity (Wildman–Crippen MR) is 108 cm³/mol. The third-order valence-corrected chi connectivity index (χ3v) is 4.55. The fraction of sp³-hybridized carbons (Fsp3) is 0.682. The summed E-state index contributed by atoms with van der Waals surface area (Å²) in [5, 5.41) is 28.7. The molecule has 0 rings (SSSR count). The number of carboxylic acid groups (broad SMARTS) is 1. The highest BCUT2D eigenvalue weighted by molar-refractivity contribution is 5.71. The summed E-state index contributed by atoms with van der Waals surface area (Å²) in [6.45, 7) is 4.01. The average Bonchev–Trinajstić information content (AvgIpc) is 2.60. The third kappa shape index (κ3) is 12.0. The van der Waals surface area contributed by atoms with E-state index in [2.05, 4.69) is 50.3 Å². The summed E-state index contributed by atoms with van der Waals surface area (Å²) in [6, 6.07) is 0. The van der Waals surface area contributed by atoms with Crippen molar-refractivity contribution in [3.05, 3.63) is 36.5 Å². The van der Waals surface area contributed by atoms with Crippen molar-refractivity contribution in [2.45, 2.75) is 77.7 Å². The Bertz CT molecular complexity index is 426. The summed E-state index contributed by atoms with van der Waals surface area (Å²) >= 11 is 0. The second-order valence-corrected chi connectivity index (χ2v) is 6.72. The lowest BCUT2D eigenvalue weighted by Gasteiger charge is -2.27. The molecular weight excluding hydrogens is 328 g/mol. The number of hydrogen-bond acceptors (Lipinski definition) is 3. The van der Waals surface area contributed by atoms with Crippen LogP contribution in [0.2, 0.25) is 0 Å². The van der Waals surface area contributed by atoms with Crippen LogP contribution in [0.15, 0.2) is 36.5 Å². The van der Waals surface area contributed by atoms with Gasteiger partial charge in [0.05, 0.1) is 12.0 Å². The molecule has 0 amide bonds. The molecular formula is C22H38O4. The van der Waals surface area contributed by atoms with Gasteiger partial charge in [-0.2, -0.15) is 0 Å². The zero-order chi connectivity index (χ0) is 19.6. The first-order chi connectivity index (χ1) is 12.6. The molecule has 0 aromatic heterocycles. The lowest BCUT2D eigenvalue weighted by atomic mass is 9.80. The molecule has 0 bridgehead atoms. The maximum atomic E-state index is 11.6. The second kappa shape index (κ2) is 17.0. The van der Waals surface area contributed by atoms with Gasteiger partial charge in [-0.3, -0.25) is 4.79 Å². The Kier molecular flexibility index (Phi) is 16.1.